The van der Waals surface area contributed by atoms with E-state index in [4.69, 9.17) is 13.9 Å². The molecule has 150 valence electrons. The van der Waals surface area contributed by atoms with Crippen molar-refractivity contribution in [2.45, 2.75) is 46.1 Å². The standard InChI is InChI=1S/C22H26O6/c1-13(2)15-9-8-14(3)10-19(15)28-21(24)12-26-22(25)20-11-17(23)16-6-4-5-7-18(16)27-20/h4-7,11,13-15,19H,8-10,12H2,1-3H3/t14-,15+,19-/m1/s1. The maximum absolute atomic E-state index is 12.2. The molecule has 1 saturated carbocycles. The number of ether oxygens (including phenoxy) is 2. The Kier molecular flexibility index (Phi) is 6.17. The number of carbonyl (C=O) groups excluding carboxylic acids is 2. The predicted molar refractivity (Wildman–Crippen MR) is 104 cm³/mol. The van der Waals surface area contributed by atoms with E-state index in [9.17, 15) is 14.4 Å². The van der Waals surface area contributed by atoms with Crippen molar-refractivity contribution in [3.63, 3.8) is 0 Å². The van der Waals surface area contributed by atoms with Crippen LogP contribution >= 0.6 is 0 Å². The lowest BCUT2D eigenvalue weighted by Crippen LogP contribution is -2.36. The van der Waals surface area contributed by atoms with E-state index >= 15 is 0 Å². The van der Waals surface area contributed by atoms with Gasteiger partial charge in [-0.3, -0.25) is 4.79 Å². The van der Waals surface area contributed by atoms with Gasteiger partial charge in [-0.15, -0.1) is 0 Å². The fraction of sp³-hybridized carbons (Fsp3) is 0.500. The molecule has 1 aromatic heterocycles. The van der Waals surface area contributed by atoms with Gasteiger partial charge in [0.1, 0.15) is 11.7 Å². The molecule has 1 aliphatic rings. The number of esters is 2. The number of benzene rings is 1. The molecule has 3 rings (SSSR count). The number of para-hydroxylation sites is 1. The zero-order valence-corrected chi connectivity index (χ0v) is 16.5. The molecule has 28 heavy (non-hydrogen) atoms. The summed E-state index contributed by atoms with van der Waals surface area (Å²) in [6.45, 7) is 5.90. The van der Waals surface area contributed by atoms with Crippen LogP contribution in [0.25, 0.3) is 11.0 Å². The van der Waals surface area contributed by atoms with Crippen molar-refractivity contribution >= 4 is 22.9 Å². The van der Waals surface area contributed by atoms with Gasteiger partial charge < -0.3 is 13.9 Å². The average molecular weight is 386 g/mol. The highest BCUT2D eigenvalue weighted by molar-refractivity contribution is 5.90. The van der Waals surface area contributed by atoms with Gasteiger partial charge in [-0.05, 0) is 42.7 Å². The van der Waals surface area contributed by atoms with E-state index < -0.39 is 18.5 Å². The van der Waals surface area contributed by atoms with Crippen LogP contribution in [-0.2, 0) is 14.3 Å². The van der Waals surface area contributed by atoms with E-state index in [1.54, 1.807) is 24.3 Å². The zero-order valence-electron chi connectivity index (χ0n) is 16.5. The van der Waals surface area contributed by atoms with Crippen LogP contribution in [0, 0.1) is 17.8 Å². The number of rotatable bonds is 5. The molecule has 0 N–H and O–H groups in total. The molecule has 0 saturated heterocycles. The highest BCUT2D eigenvalue weighted by Gasteiger charge is 2.33. The molecule has 1 fully saturated rings. The normalized spacial score (nSPS) is 22.2. The fourth-order valence-corrected chi connectivity index (χ4v) is 3.85. The molecule has 0 unspecified atom stereocenters. The van der Waals surface area contributed by atoms with Gasteiger partial charge in [-0.2, -0.15) is 0 Å². The molecule has 0 radical (unpaired) electrons. The second kappa shape index (κ2) is 8.59. The Balaban J connectivity index is 1.61. The van der Waals surface area contributed by atoms with E-state index in [1.807, 2.05) is 0 Å². The summed E-state index contributed by atoms with van der Waals surface area (Å²) in [5, 5.41) is 0.379. The van der Waals surface area contributed by atoms with Crippen LogP contribution < -0.4 is 5.43 Å². The second-order valence-corrected chi connectivity index (χ2v) is 7.90. The Morgan fingerprint density at radius 1 is 1.21 bits per heavy atom. The number of hydrogen-bond donors (Lipinski definition) is 0. The minimum absolute atomic E-state index is 0.159. The Morgan fingerprint density at radius 2 is 1.96 bits per heavy atom. The molecule has 0 bridgehead atoms. The van der Waals surface area contributed by atoms with Crippen molar-refractivity contribution in [1.82, 2.24) is 0 Å². The largest absolute Gasteiger partial charge is 0.460 e. The number of hydrogen-bond acceptors (Lipinski definition) is 6. The van der Waals surface area contributed by atoms with Gasteiger partial charge in [0.15, 0.2) is 12.0 Å². The average Bonchev–Trinajstić information content (AvgIpc) is 2.66. The van der Waals surface area contributed by atoms with Crippen molar-refractivity contribution in [2.24, 2.45) is 17.8 Å². The van der Waals surface area contributed by atoms with Crippen molar-refractivity contribution in [2.75, 3.05) is 6.61 Å². The van der Waals surface area contributed by atoms with Gasteiger partial charge in [0.05, 0.1) is 5.39 Å². The van der Waals surface area contributed by atoms with Crippen molar-refractivity contribution in [3.05, 3.63) is 46.3 Å². The summed E-state index contributed by atoms with van der Waals surface area (Å²) < 4.78 is 16.0. The Hall–Kier alpha value is -2.63. The first kappa shape index (κ1) is 20.1. The van der Waals surface area contributed by atoms with E-state index in [0.717, 1.165) is 25.3 Å². The van der Waals surface area contributed by atoms with Gasteiger partial charge in [0.2, 0.25) is 5.76 Å². The van der Waals surface area contributed by atoms with Gasteiger partial charge in [-0.1, -0.05) is 39.3 Å². The lowest BCUT2D eigenvalue weighted by Gasteiger charge is -2.36. The highest BCUT2D eigenvalue weighted by Crippen LogP contribution is 2.35. The van der Waals surface area contributed by atoms with Crippen LogP contribution in [0.2, 0.25) is 0 Å². The van der Waals surface area contributed by atoms with Crippen LogP contribution in [0.3, 0.4) is 0 Å². The summed E-state index contributed by atoms with van der Waals surface area (Å²) in [7, 11) is 0. The smallest absolute Gasteiger partial charge is 0.374 e. The number of fused-ring (bicyclic) bond motifs is 1. The van der Waals surface area contributed by atoms with Crippen molar-refractivity contribution in [3.8, 4) is 0 Å². The lowest BCUT2D eigenvalue weighted by molar-refractivity contribution is -0.159. The summed E-state index contributed by atoms with van der Waals surface area (Å²) in [6.07, 6.45) is 2.82. The third-order valence-corrected chi connectivity index (χ3v) is 5.40. The zero-order chi connectivity index (χ0) is 20.3. The van der Waals surface area contributed by atoms with Crippen molar-refractivity contribution in [1.29, 1.82) is 0 Å². The van der Waals surface area contributed by atoms with Crippen LogP contribution in [0.1, 0.15) is 50.6 Å². The highest BCUT2D eigenvalue weighted by atomic mass is 16.6. The molecule has 6 heteroatoms. The molecule has 1 aliphatic carbocycles. The molecule has 1 aromatic carbocycles. The fourth-order valence-electron chi connectivity index (χ4n) is 3.85. The topological polar surface area (TPSA) is 82.8 Å². The monoisotopic (exact) mass is 386 g/mol. The minimum atomic E-state index is -0.864. The van der Waals surface area contributed by atoms with Crippen LogP contribution in [-0.4, -0.2) is 24.6 Å². The third kappa shape index (κ3) is 4.61. The van der Waals surface area contributed by atoms with Gasteiger partial charge >= 0.3 is 11.9 Å². The van der Waals surface area contributed by atoms with Crippen LogP contribution in [0.5, 0.6) is 0 Å². The van der Waals surface area contributed by atoms with Gasteiger partial charge in [0.25, 0.3) is 0 Å². The van der Waals surface area contributed by atoms with E-state index in [1.165, 1.54) is 0 Å². The van der Waals surface area contributed by atoms with Crippen molar-refractivity contribution < 1.29 is 23.5 Å². The minimum Gasteiger partial charge on any atom is -0.460 e. The Bertz CT molecular complexity index is 913. The molecular formula is C22H26O6. The van der Waals surface area contributed by atoms with Crippen LogP contribution in [0.15, 0.2) is 39.5 Å². The molecule has 1 heterocycles. The molecule has 0 spiro atoms. The lowest BCUT2D eigenvalue weighted by atomic mass is 9.75. The molecular weight excluding hydrogens is 360 g/mol. The molecule has 2 aromatic rings. The predicted octanol–water partition coefficient (Wildman–Crippen LogP) is 3.95. The first-order chi connectivity index (χ1) is 13.3. The third-order valence-electron chi connectivity index (χ3n) is 5.40. The quantitative estimate of drug-likeness (QED) is 0.724. The Morgan fingerprint density at radius 3 is 2.71 bits per heavy atom. The SMILES string of the molecule is CC(C)[C@@H]1CC[C@@H](C)C[C@H]1OC(=O)COC(=O)c1cc(=O)c2ccccc2o1. The van der Waals surface area contributed by atoms with Crippen LogP contribution in [0.4, 0.5) is 0 Å². The first-order valence-corrected chi connectivity index (χ1v) is 9.74. The summed E-state index contributed by atoms with van der Waals surface area (Å²) in [5.74, 6) is -0.447. The van der Waals surface area contributed by atoms with E-state index in [2.05, 4.69) is 20.8 Å². The number of carbonyl (C=O) groups is 2. The summed E-state index contributed by atoms with van der Waals surface area (Å²) in [6, 6.07) is 7.70. The maximum atomic E-state index is 12.2. The molecule has 6 nitrogen and oxygen atoms in total. The summed E-state index contributed by atoms with van der Waals surface area (Å²) >= 11 is 0. The Labute approximate surface area is 163 Å². The van der Waals surface area contributed by atoms with E-state index in [0.29, 0.717) is 28.7 Å². The van der Waals surface area contributed by atoms with Gasteiger partial charge in [-0.25, -0.2) is 9.59 Å². The maximum Gasteiger partial charge on any atom is 0.374 e. The molecule has 3 atom stereocenters. The second-order valence-electron chi connectivity index (χ2n) is 7.90. The molecule has 0 aliphatic heterocycles. The van der Waals surface area contributed by atoms with Gasteiger partial charge in [0, 0.05) is 6.07 Å². The summed E-state index contributed by atoms with van der Waals surface area (Å²) in [4.78, 5) is 36.5. The summed E-state index contributed by atoms with van der Waals surface area (Å²) in [5.41, 5.74) is -0.0483. The molecule has 0 amide bonds. The first-order valence-electron chi connectivity index (χ1n) is 9.74. The van der Waals surface area contributed by atoms with E-state index in [-0.39, 0.29) is 17.3 Å².